The van der Waals surface area contributed by atoms with E-state index in [9.17, 15) is 21.9 Å². The van der Waals surface area contributed by atoms with Gasteiger partial charge in [-0.25, -0.2) is 0 Å². The highest BCUT2D eigenvalue weighted by atomic mass is 16.3. The molecule has 5 heterocycles. The lowest BCUT2D eigenvalue weighted by Crippen LogP contribution is -2.61. The fourth-order valence-electron chi connectivity index (χ4n) is 21.2. The summed E-state index contributed by atoms with van der Waals surface area (Å²) in [5.41, 5.74) is 23.9. The van der Waals surface area contributed by atoms with Crippen molar-refractivity contribution in [3.8, 4) is 67.0 Å². The fourth-order valence-corrected chi connectivity index (χ4v) is 21.2. The summed E-state index contributed by atoms with van der Waals surface area (Å²) in [6.07, 6.45) is 0. The molecule has 22 aromatic rings. The van der Waals surface area contributed by atoms with Crippen molar-refractivity contribution in [1.29, 1.82) is 0 Å². The maximum atomic E-state index is 10.0. The summed E-state index contributed by atoms with van der Waals surface area (Å²) in [6, 6.07) is 112. The van der Waals surface area contributed by atoms with Gasteiger partial charge in [-0.1, -0.05) is 339 Å². The summed E-state index contributed by atoms with van der Waals surface area (Å²) >= 11 is 0. The maximum absolute atomic E-state index is 10.0. The first kappa shape index (κ1) is 54.3. The van der Waals surface area contributed by atoms with Gasteiger partial charge in [0.25, 0.3) is 6.71 Å². The molecule has 0 spiro atoms. The van der Waals surface area contributed by atoms with E-state index >= 15 is 0 Å². The van der Waals surface area contributed by atoms with Crippen molar-refractivity contribution in [2.24, 2.45) is 0 Å². The molecule has 6 heteroatoms. The molecule has 0 fully saturated rings. The normalized spacial score (nSPS) is 15.5. The van der Waals surface area contributed by atoms with Crippen LogP contribution in [0.1, 0.15) is 66.4 Å². The molecule has 5 nitrogen and oxygen atoms in total. The summed E-state index contributed by atoms with van der Waals surface area (Å²) in [4.78, 5) is 4.57. The van der Waals surface area contributed by atoms with Gasteiger partial charge >= 0.3 is 0 Å². The second-order valence-electron chi connectivity index (χ2n) is 32.0. The van der Waals surface area contributed by atoms with Crippen molar-refractivity contribution in [3.05, 3.63) is 487 Å². The largest absolute Gasteiger partial charge is 0.456 e. The number of rotatable bonds is 11. The lowest BCUT2D eigenvalue weighted by Gasteiger charge is -2.45. The molecular weight excluding hydrogens is 1480 g/mol. The van der Waals surface area contributed by atoms with Gasteiger partial charge in [-0.05, 0) is 208 Å². The zero-order valence-corrected chi connectivity index (χ0v) is 65.2. The molecule has 0 atom stereocenters. The average molecular weight is 1570 g/mol. The molecule has 0 N–H and O–H groups in total. The molecule has 3 aromatic heterocycles. The van der Waals surface area contributed by atoms with Crippen LogP contribution in [0.15, 0.2) is 447 Å². The summed E-state index contributed by atoms with van der Waals surface area (Å²) in [7, 11) is 0. The smallest absolute Gasteiger partial charge is 0.252 e. The summed E-state index contributed by atoms with van der Waals surface area (Å²) in [5.74, 6) is 0. The zero-order chi connectivity index (χ0) is 93.8. The monoisotopic (exact) mass is 1560 g/mol. The number of fused-ring (bicyclic) bond motifs is 19. The predicted octanol–water partition coefficient (Wildman–Crippen LogP) is 27.6. The molecule has 4 aliphatic rings. The molecule has 0 radical (unpaired) electrons. The van der Waals surface area contributed by atoms with Crippen LogP contribution in [0.25, 0.3) is 133 Å². The molecule has 0 saturated carbocycles. The Labute approximate surface area is 729 Å². The van der Waals surface area contributed by atoms with Crippen LogP contribution in [-0.2, 0) is 10.8 Å². The first-order valence-corrected chi connectivity index (χ1v) is 41.1. The maximum Gasteiger partial charge on any atom is 0.252 e. The van der Waals surface area contributed by atoms with Gasteiger partial charge in [0.05, 0.1) is 66.2 Å². The van der Waals surface area contributed by atoms with Gasteiger partial charge in [0.1, 0.15) is 11.2 Å². The summed E-state index contributed by atoms with van der Waals surface area (Å²) in [6.45, 7) is -0.823. The average Bonchev–Trinajstić information content (AvgIpc) is 1.16. The summed E-state index contributed by atoms with van der Waals surface area (Å²) < 4.78 is 163. The Morgan fingerprint density at radius 3 is 1.04 bits per heavy atom. The van der Waals surface area contributed by atoms with Crippen LogP contribution in [0.4, 0.5) is 34.1 Å². The number of furan rings is 1. The van der Waals surface area contributed by atoms with E-state index in [1.165, 1.54) is 0 Å². The molecule has 2 aliphatic heterocycles. The van der Waals surface area contributed by atoms with Gasteiger partial charge < -0.3 is 23.4 Å². The van der Waals surface area contributed by atoms with E-state index in [4.69, 9.17) is 4.42 Å². The molecule has 566 valence electrons. The summed E-state index contributed by atoms with van der Waals surface area (Å²) in [5, 5.41) is 1.39. The van der Waals surface area contributed by atoms with Crippen molar-refractivity contribution in [1.82, 2.24) is 9.13 Å². The topological polar surface area (TPSA) is 29.5 Å². The third kappa shape index (κ3) is 9.60. The van der Waals surface area contributed by atoms with Gasteiger partial charge in [0, 0.05) is 77.6 Å². The van der Waals surface area contributed by atoms with Gasteiger partial charge in [0.15, 0.2) is 0 Å². The van der Waals surface area contributed by atoms with Crippen molar-refractivity contribution >= 4 is 123 Å². The molecule has 19 aromatic carbocycles. The Balaban J connectivity index is 0.814. The standard InChI is InChI=1S/C116H73BN4O/c1-5-31-78(32-6-1)115(79-33-7-2-8-34-79)96-48-22-13-41-86(96)88-62-57-75(68-98(88)115)84-39-15-24-50-102(84)120-108-72-82(118-104-52-26-17-43-90(104)91-44-18-27-53-105(91)118)60-64-100(108)117-101-65-61-83(119-106-54-28-19-45-92(106)93-46-20-29-55-107(93)119)73-109(101)121(111-71-77(70-110(120)114(111)117)74-59-66-113-95(67-74)94-47-21-30-56-112(94)122-113)103-51-25-16-40-85(103)76-58-63-89-87-42-14-23-49-97(87)116(99(89)69-76,80-35-9-3-10-36-80)81-37-11-4-12-38-81/h1-73H/i17D,18D,19D,20D,26D,27D,28D,29D,43D,44D,45D,46D,52D,53D,54D,55D. The number of hydrogen-bond acceptors (Lipinski definition) is 3. The van der Waals surface area contributed by atoms with Crippen LogP contribution in [0.5, 0.6) is 0 Å². The number of anilines is 6. The number of para-hydroxylation sites is 7. The molecule has 0 bridgehead atoms. The number of aromatic nitrogens is 2. The van der Waals surface area contributed by atoms with Crippen molar-refractivity contribution in [2.45, 2.75) is 10.8 Å². The van der Waals surface area contributed by atoms with Gasteiger partial charge in [-0.2, -0.15) is 0 Å². The van der Waals surface area contributed by atoms with E-state index in [1.54, 1.807) is 9.13 Å². The van der Waals surface area contributed by atoms with Crippen LogP contribution in [0.2, 0.25) is 0 Å². The van der Waals surface area contributed by atoms with Crippen LogP contribution in [-0.4, -0.2) is 15.8 Å². The van der Waals surface area contributed by atoms with Crippen LogP contribution in [0, 0.1) is 0 Å². The highest BCUT2D eigenvalue weighted by molar-refractivity contribution is 7.00. The number of hydrogen-bond donors (Lipinski definition) is 0. The lowest BCUT2D eigenvalue weighted by molar-refractivity contribution is 0.669. The van der Waals surface area contributed by atoms with E-state index in [0.717, 1.165) is 116 Å². The SMILES string of the molecule is [2H]c1c([2H])c([2H])c2c(c1[2H])c1c([2H])c([2H])c([2H])c([2H])c1n2-c1ccc2c(c1)N(c1ccccc1-c1ccc3c(c1)C(c1ccccc1)(c1ccccc1)c1ccccc1-3)c1cc(-c3ccc4oc5ccccc5c4c3)cc3c1B2c1ccc(-n2c4c([2H])c([2H])c([2H])c([2H])c4c4c([2H])c([2H])c([2H])c([2H])c42)cc1N3c1ccccc1-c1ccc2c(c1)C(c1ccccc1)(c1ccccc1)c1ccccc1-2. The van der Waals surface area contributed by atoms with Gasteiger partial charge in [-0.3, -0.25) is 0 Å². The minimum atomic E-state index is -0.832. The van der Waals surface area contributed by atoms with Gasteiger partial charge in [0.2, 0.25) is 0 Å². The zero-order valence-electron chi connectivity index (χ0n) is 81.2. The van der Waals surface area contributed by atoms with E-state index < -0.39 is 114 Å². The molecular formula is C116H73BN4O. The molecule has 26 rings (SSSR count). The molecule has 0 saturated heterocycles. The minimum Gasteiger partial charge on any atom is -0.456 e. The predicted molar refractivity (Wildman–Crippen MR) is 507 cm³/mol. The first-order chi connectivity index (χ1) is 67.2. The van der Waals surface area contributed by atoms with E-state index in [0.29, 0.717) is 56.2 Å². The van der Waals surface area contributed by atoms with Crippen LogP contribution in [0.3, 0.4) is 0 Å². The first-order valence-electron chi connectivity index (χ1n) is 49.1. The van der Waals surface area contributed by atoms with E-state index in [2.05, 4.69) is 246 Å². The molecule has 122 heavy (non-hydrogen) atoms. The van der Waals surface area contributed by atoms with Crippen molar-refractivity contribution in [2.75, 3.05) is 9.80 Å². The Morgan fingerprint density at radius 2 is 0.598 bits per heavy atom. The molecule has 0 amide bonds. The highest BCUT2D eigenvalue weighted by Crippen LogP contribution is 2.61. The van der Waals surface area contributed by atoms with Gasteiger partial charge in [-0.15, -0.1) is 0 Å². The minimum absolute atomic E-state index is 0.0688. The number of nitrogens with zero attached hydrogens (tertiary/aromatic N) is 4. The Morgan fingerprint density at radius 1 is 0.238 bits per heavy atom. The highest BCUT2D eigenvalue weighted by Gasteiger charge is 2.50. The van der Waals surface area contributed by atoms with Crippen molar-refractivity contribution in [3.63, 3.8) is 0 Å². The lowest BCUT2D eigenvalue weighted by atomic mass is 9.33. The number of benzene rings is 19. The molecule has 2 aliphatic carbocycles. The second-order valence-corrected chi connectivity index (χ2v) is 32.0. The van der Waals surface area contributed by atoms with Crippen LogP contribution >= 0.6 is 0 Å². The Bertz CT molecular complexity index is 8460. The van der Waals surface area contributed by atoms with Crippen LogP contribution < -0.4 is 26.2 Å². The molecule has 0 unspecified atom stereocenters. The Hall–Kier alpha value is -15.8. The van der Waals surface area contributed by atoms with E-state index in [1.807, 2.05) is 109 Å². The van der Waals surface area contributed by atoms with Crippen molar-refractivity contribution < 1.29 is 26.3 Å². The Kier molecular flexibility index (Phi) is 11.7. The quantitative estimate of drug-likeness (QED) is 0.121. The third-order valence-electron chi connectivity index (χ3n) is 26.2. The second kappa shape index (κ2) is 26.4. The fraction of sp³-hybridized carbons (Fsp3) is 0.0172. The van der Waals surface area contributed by atoms with E-state index in [-0.39, 0.29) is 55.0 Å². The third-order valence-corrected chi connectivity index (χ3v) is 26.2.